The molecule has 0 radical (unpaired) electrons. The smallest absolute Gasteiger partial charge is 0.354 e. The molecule has 1 heterocycles. The summed E-state index contributed by atoms with van der Waals surface area (Å²) in [6.07, 6.45) is -2.56. The molecule has 0 atom stereocenters. The van der Waals surface area contributed by atoms with E-state index in [4.69, 9.17) is 5.73 Å². The second-order valence-corrected chi connectivity index (χ2v) is 3.93. The highest BCUT2D eigenvalue weighted by Crippen LogP contribution is 2.27. The van der Waals surface area contributed by atoms with Crippen LogP contribution in [0.5, 0.6) is 0 Å². The van der Waals surface area contributed by atoms with Crippen molar-refractivity contribution in [3.05, 3.63) is 18.0 Å². The second kappa shape index (κ2) is 9.35. The number of carbonyl (C=O) groups excluding carboxylic acids is 1. The topological polar surface area (TPSA) is 92.9 Å². The van der Waals surface area contributed by atoms with E-state index in [9.17, 15) is 18.0 Å². The SMILES string of the molecule is Cl.NCCCC(=O)NCCNc1nccc(C(F)(F)F)n1. The van der Waals surface area contributed by atoms with Crippen molar-refractivity contribution in [1.82, 2.24) is 15.3 Å². The third kappa shape index (κ3) is 7.66. The molecule has 0 saturated carbocycles. The number of nitrogens with zero attached hydrogens (tertiary/aromatic N) is 2. The molecule has 10 heteroatoms. The summed E-state index contributed by atoms with van der Waals surface area (Å²) in [7, 11) is 0. The van der Waals surface area contributed by atoms with Gasteiger partial charge in [-0.05, 0) is 19.0 Å². The monoisotopic (exact) mass is 327 g/mol. The summed E-state index contributed by atoms with van der Waals surface area (Å²) >= 11 is 0. The Labute approximate surface area is 126 Å². The number of anilines is 1. The van der Waals surface area contributed by atoms with Crippen LogP contribution in [0.25, 0.3) is 0 Å². The summed E-state index contributed by atoms with van der Waals surface area (Å²) in [5.74, 6) is -0.279. The van der Waals surface area contributed by atoms with Crippen LogP contribution in [0, 0.1) is 0 Å². The van der Waals surface area contributed by atoms with Crippen LogP contribution in [0.4, 0.5) is 19.1 Å². The molecule has 1 rings (SSSR count). The minimum absolute atomic E-state index is 0. The molecule has 0 saturated heterocycles. The van der Waals surface area contributed by atoms with Crippen molar-refractivity contribution >= 4 is 24.3 Å². The van der Waals surface area contributed by atoms with E-state index in [0.717, 1.165) is 12.3 Å². The molecule has 1 amide bonds. The fraction of sp³-hybridized carbons (Fsp3) is 0.545. The molecule has 0 aliphatic rings. The number of rotatable bonds is 7. The zero-order chi connectivity index (χ0) is 15.0. The molecule has 120 valence electrons. The lowest BCUT2D eigenvalue weighted by Crippen LogP contribution is -2.29. The van der Waals surface area contributed by atoms with E-state index in [2.05, 4.69) is 20.6 Å². The van der Waals surface area contributed by atoms with Crippen LogP contribution >= 0.6 is 12.4 Å². The van der Waals surface area contributed by atoms with Gasteiger partial charge in [0, 0.05) is 25.7 Å². The Balaban J connectivity index is 0.00000400. The van der Waals surface area contributed by atoms with Crippen LogP contribution in [0.15, 0.2) is 12.3 Å². The van der Waals surface area contributed by atoms with Gasteiger partial charge in [0.1, 0.15) is 5.69 Å². The molecule has 0 spiro atoms. The maximum Gasteiger partial charge on any atom is 0.433 e. The van der Waals surface area contributed by atoms with Gasteiger partial charge in [-0.3, -0.25) is 4.79 Å². The highest BCUT2D eigenvalue weighted by molar-refractivity contribution is 5.85. The Hall–Kier alpha value is -1.61. The molecule has 0 aliphatic heterocycles. The lowest BCUT2D eigenvalue weighted by atomic mass is 10.3. The summed E-state index contributed by atoms with van der Waals surface area (Å²) in [5, 5.41) is 5.20. The van der Waals surface area contributed by atoms with Gasteiger partial charge in [-0.25, -0.2) is 9.97 Å². The number of amides is 1. The van der Waals surface area contributed by atoms with E-state index in [1.165, 1.54) is 0 Å². The Morgan fingerprint density at radius 3 is 2.67 bits per heavy atom. The second-order valence-electron chi connectivity index (χ2n) is 3.93. The van der Waals surface area contributed by atoms with Gasteiger partial charge >= 0.3 is 6.18 Å². The predicted molar refractivity (Wildman–Crippen MR) is 74.1 cm³/mol. The molecule has 21 heavy (non-hydrogen) atoms. The van der Waals surface area contributed by atoms with E-state index < -0.39 is 11.9 Å². The number of hydrogen-bond acceptors (Lipinski definition) is 5. The quantitative estimate of drug-likeness (QED) is 0.654. The van der Waals surface area contributed by atoms with Gasteiger partial charge in [-0.2, -0.15) is 13.2 Å². The van der Waals surface area contributed by atoms with Gasteiger partial charge in [0.05, 0.1) is 0 Å². The largest absolute Gasteiger partial charge is 0.433 e. The van der Waals surface area contributed by atoms with Crippen LogP contribution in [-0.2, 0) is 11.0 Å². The fourth-order valence-corrected chi connectivity index (χ4v) is 1.33. The molecule has 0 aliphatic carbocycles. The normalized spacial score (nSPS) is 10.7. The third-order valence-corrected chi connectivity index (χ3v) is 2.28. The maximum atomic E-state index is 12.4. The molecule has 0 fully saturated rings. The van der Waals surface area contributed by atoms with Gasteiger partial charge < -0.3 is 16.4 Å². The van der Waals surface area contributed by atoms with E-state index in [1.54, 1.807) is 0 Å². The first kappa shape index (κ1) is 19.4. The minimum Gasteiger partial charge on any atom is -0.354 e. The standard InChI is InChI=1S/C11H16F3N5O.ClH/c12-11(13,14)8-3-5-17-10(19-8)18-7-6-16-9(20)2-1-4-15;/h3,5H,1-2,4,6-7,15H2,(H,16,20)(H,17,18,19);1H. The van der Waals surface area contributed by atoms with Crippen molar-refractivity contribution in [1.29, 1.82) is 0 Å². The lowest BCUT2D eigenvalue weighted by molar-refractivity contribution is -0.141. The van der Waals surface area contributed by atoms with Crippen molar-refractivity contribution in [2.24, 2.45) is 5.73 Å². The average molecular weight is 328 g/mol. The zero-order valence-electron chi connectivity index (χ0n) is 11.1. The third-order valence-electron chi connectivity index (χ3n) is 2.28. The Kier molecular flexibility index (Phi) is 8.63. The Morgan fingerprint density at radius 2 is 2.05 bits per heavy atom. The number of halogens is 4. The van der Waals surface area contributed by atoms with Crippen molar-refractivity contribution in [2.45, 2.75) is 19.0 Å². The van der Waals surface area contributed by atoms with Crippen LogP contribution in [0.2, 0.25) is 0 Å². The van der Waals surface area contributed by atoms with Gasteiger partial charge in [0.2, 0.25) is 11.9 Å². The minimum atomic E-state index is -4.50. The first-order valence-corrected chi connectivity index (χ1v) is 6.04. The van der Waals surface area contributed by atoms with Crippen molar-refractivity contribution in [2.75, 3.05) is 25.0 Å². The summed E-state index contributed by atoms with van der Waals surface area (Å²) in [4.78, 5) is 18.2. The number of nitrogens with one attached hydrogen (secondary N) is 2. The molecular weight excluding hydrogens is 311 g/mol. The summed E-state index contributed by atoms with van der Waals surface area (Å²) in [5.41, 5.74) is 4.24. The highest BCUT2D eigenvalue weighted by atomic mass is 35.5. The van der Waals surface area contributed by atoms with Crippen LogP contribution in [-0.4, -0.2) is 35.5 Å². The Morgan fingerprint density at radius 1 is 1.33 bits per heavy atom. The molecule has 0 bridgehead atoms. The molecule has 0 aromatic carbocycles. The Bertz CT molecular complexity index is 444. The summed E-state index contributed by atoms with van der Waals surface area (Å²) in [6.45, 7) is 0.933. The molecular formula is C11H17ClF3N5O. The van der Waals surface area contributed by atoms with Crippen molar-refractivity contribution in [3.8, 4) is 0 Å². The van der Waals surface area contributed by atoms with Crippen LogP contribution in [0.3, 0.4) is 0 Å². The zero-order valence-corrected chi connectivity index (χ0v) is 11.9. The van der Waals surface area contributed by atoms with E-state index in [1.807, 2.05) is 0 Å². The number of carbonyl (C=O) groups is 1. The van der Waals surface area contributed by atoms with Gasteiger partial charge in [0.15, 0.2) is 0 Å². The molecule has 1 aromatic heterocycles. The van der Waals surface area contributed by atoms with Crippen LogP contribution < -0.4 is 16.4 Å². The van der Waals surface area contributed by atoms with E-state index in [0.29, 0.717) is 19.4 Å². The van der Waals surface area contributed by atoms with Crippen molar-refractivity contribution in [3.63, 3.8) is 0 Å². The van der Waals surface area contributed by atoms with Gasteiger partial charge in [-0.15, -0.1) is 12.4 Å². The molecule has 4 N–H and O–H groups in total. The number of hydrogen-bond donors (Lipinski definition) is 3. The summed E-state index contributed by atoms with van der Waals surface area (Å²) in [6, 6.07) is 0.791. The fourth-order valence-electron chi connectivity index (χ4n) is 1.33. The average Bonchev–Trinajstić information content (AvgIpc) is 2.41. The number of nitrogens with two attached hydrogens (primary N) is 1. The highest BCUT2D eigenvalue weighted by Gasteiger charge is 2.32. The number of alkyl halides is 3. The van der Waals surface area contributed by atoms with E-state index in [-0.39, 0.29) is 37.4 Å². The predicted octanol–water partition coefficient (Wildman–Crippen LogP) is 1.18. The summed E-state index contributed by atoms with van der Waals surface area (Å²) < 4.78 is 37.2. The molecule has 1 aromatic rings. The van der Waals surface area contributed by atoms with Gasteiger partial charge in [-0.1, -0.05) is 0 Å². The van der Waals surface area contributed by atoms with Crippen LogP contribution in [0.1, 0.15) is 18.5 Å². The molecule has 0 unspecified atom stereocenters. The lowest BCUT2D eigenvalue weighted by Gasteiger charge is -2.09. The number of aromatic nitrogens is 2. The maximum absolute atomic E-state index is 12.4. The van der Waals surface area contributed by atoms with Crippen molar-refractivity contribution < 1.29 is 18.0 Å². The molecule has 6 nitrogen and oxygen atoms in total. The first-order valence-electron chi connectivity index (χ1n) is 6.04. The van der Waals surface area contributed by atoms with Gasteiger partial charge in [0.25, 0.3) is 0 Å². The first-order chi connectivity index (χ1) is 9.43. The van der Waals surface area contributed by atoms with E-state index >= 15 is 0 Å².